The summed E-state index contributed by atoms with van der Waals surface area (Å²) in [5, 5.41) is 5.88. The summed E-state index contributed by atoms with van der Waals surface area (Å²) < 4.78 is 5.38. The molecule has 0 unspecified atom stereocenters. The van der Waals surface area contributed by atoms with E-state index in [4.69, 9.17) is 4.74 Å². The molecule has 0 aromatic heterocycles. The molecule has 2 amide bonds. The average molecular weight is 305 g/mol. The molecule has 2 N–H and O–H groups in total. The van der Waals surface area contributed by atoms with Crippen molar-refractivity contribution in [3.63, 3.8) is 0 Å². The molecule has 5 nitrogen and oxygen atoms in total. The fourth-order valence-electron chi connectivity index (χ4n) is 2.64. The maximum Gasteiger partial charge on any atom is 0.315 e. The van der Waals surface area contributed by atoms with Gasteiger partial charge >= 0.3 is 6.03 Å². The molecular weight excluding hydrogens is 278 g/mol. The fraction of sp³-hybridized carbons (Fsp3) is 0.588. The number of benzene rings is 1. The number of aryl methyl sites for hydroxylation is 1. The van der Waals surface area contributed by atoms with Crippen LogP contribution in [-0.2, 0) is 11.3 Å². The minimum absolute atomic E-state index is 0.0650. The molecule has 5 heteroatoms. The third-order valence-corrected chi connectivity index (χ3v) is 4.08. The first-order valence-electron chi connectivity index (χ1n) is 7.87. The van der Waals surface area contributed by atoms with Crippen LogP contribution in [0.25, 0.3) is 0 Å². The van der Waals surface area contributed by atoms with Gasteiger partial charge in [-0.3, -0.25) is 4.90 Å². The van der Waals surface area contributed by atoms with Crippen molar-refractivity contribution in [2.75, 3.05) is 32.8 Å². The first-order valence-corrected chi connectivity index (χ1v) is 7.87. The van der Waals surface area contributed by atoms with E-state index in [2.05, 4.69) is 48.4 Å². The number of carbonyl (C=O) groups is 1. The van der Waals surface area contributed by atoms with Gasteiger partial charge in [-0.1, -0.05) is 29.8 Å². The first-order chi connectivity index (χ1) is 10.5. The fourth-order valence-corrected chi connectivity index (χ4v) is 2.64. The van der Waals surface area contributed by atoms with E-state index in [0.29, 0.717) is 13.1 Å². The molecule has 0 saturated carbocycles. The van der Waals surface area contributed by atoms with Crippen LogP contribution in [-0.4, -0.2) is 49.3 Å². The maximum atomic E-state index is 12.0. The predicted molar refractivity (Wildman–Crippen MR) is 87.9 cm³/mol. The highest BCUT2D eigenvalue weighted by atomic mass is 16.5. The van der Waals surface area contributed by atoms with Gasteiger partial charge in [-0.15, -0.1) is 0 Å². The zero-order chi connectivity index (χ0) is 16.0. The molecule has 0 atom stereocenters. The highest BCUT2D eigenvalue weighted by molar-refractivity contribution is 5.73. The van der Waals surface area contributed by atoms with Crippen molar-refractivity contribution in [3.05, 3.63) is 35.4 Å². The smallest absolute Gasteiger partial charge is 0.315 e. The zero-order valence-electron chi connectivity index (χ0n) is 13.8. The molecule has 1 saturated heterocycles. The van der Waals surface area contributed by atoms with E-state index in [0.717, 1.165) is 31.9 Å². The third kappa shape index (κ3) is 5.00. The van der Waals surface area contributed by atoms with Crippen molar-refractivity contribution >= 4 is 6.03 Å². The molecule has 1 aromatic carbocycles. The van der Waals surface area contributed by atoms with Crippen LogP contribution < -0.4 is 10.6 Å². The van der Waals surface area contributed by atoms with Crippen molar-refractivity contribution in [1.82, 2.24) is 15.5 Å². The van der Waals surface area contributed by atoms with Gasteiger partial charge in [0.05, 0.1) is 13.2 Å². The van der Waals surface area contributed by atoms with Gasteiger partial charge in [0.1, 0.15) is 0 Å². The lowest BCUT2D eigenvalue weighted by Gasteiger charge is -2.40. The monoisotopic (exact) mass is 305 g/mol. The van der Waals surface area contributed by atoms with Crippen molar-refractivity contribution in [2.24, 2.45) is 0 Å². The van der Waals surface area contributed by atoms with Crippen molar-refractivity contribution in [3.8, 4) is 0 Å². The quantitative estimate of drug-likeness (QED) is 0.874. The van der Waals surface area contributed by atoms with E-state index >= 15 is 0 Å². The number of morpholine rings is 1. The number of nitrogens with one attached hydrogen (secondary N) is 2. The minimum atomic E-state index is -0.122. The Morgan fingerprint density at radius 3 is 2.68 bits per heavy atom. The van der Waals surface area contributed by atoms with Gasteiger partial charge in [0.25, 0.3) is 0 Å². The highest BCUT2D eigenvalue weighted by Crippen LogP contribution is 2.14. The number of amides is 2. The van der Waals surface area contributed by atoms with Crippen molar-refractivity contribution in [1.29, 1.82) is 0 Å². The van der Waals surface area contributed by atoms with E-state index in [-0.39, 0.29) is 11.6 Å². The maximum absolute atomic E-state index is 12.0. The summed E-state index contributed by atoms with van der Waals surface area (Å²) in [6.45, 7) is 10.9. The normalized spacial score (nSPS) is 16.3. The summed E-state index contributed by atoms with van der Waals surface area (Å²) in [6, 6.07) is 8.03. The van der Waals surface area contributed by atoms with E-state index < -0.39 is 0 Å². The Bertz CT molecular complexity index is 496. The van der Waals surface area contributed by atoms with Crippen LogP contribution in [0.15, 0.2) is 24.3 Å². The number of hydrogen-bond acceptors (Lipinski definition) is 3. The van der Waals surface area contributed by atoms with E-state index in [1.165, 1.54) is 5.56 Å². The second-order valence-electron chi connectivity index (χ2n) is 6.44. The molecule has 1 aliphatic heterocycles. The second-order valence-corrected chi connectivity index (χ2v) is 6.44. The summed E-state index contributed by atoms with van der Waals surface area (Å²) in [5.74, 6) is 0. The number of carbonyl (C=O) groups excluding carboxylic acids is 1. The van der Waals surface area contributed by atoms with Crippen LogP contribution in [0.4, 0.5) is 4.79 Å². The number of rotatable bonds is 5. The van der Waals surface area contributed by atoms with Crippen LogP contribution >= 0.6 is 0 Å². The van der Waals surface area contributed by atoms with Gasteiger partial charge in [0, 0.05) is 31.7 Å². The van der Waals surface area contributed by atoms with Crippen molar-refractivity contribution < 1.29 is 9.53 Å². The Balaban J connectivity index is 1.74. The summed E-state index contributed by atoms with van der Waals surface area (Å²) >= 11 is 0. The van der Waals surface area contributed by atoms with Gasteiger partial charge in [-0.05, 0) is 26.3 Å². The molecule has 2 rings (SSSR count). The summed E-state index contributed by atoms with van der Waals surface area (Å²) in [4.78, 5) is 14.3. The van der Waals surface area contributed by atoms with Crippen LogP contribution in [0, 0.1) is 6.92 Å². The minimum Gasteiger partial charge on any atom is -0.379 e. The summed E-state index contributed by atoms with van der Waals surface area (Å²) in [7, 11) is 0. The molecule has 0 aliphatic carbocycles. The Morgan fingerprint density at radius 2 is 2.00 bits per heavy atom. The Morgan fingerprint density at radius 1 is 1.27 bits per heavy atom. The molecule has 0 radical (unpaired) electrons. The molecule has 1 heterocycles. The van der Waals surface area contributed by atoms with Gasteiger partial charge in [0.2, 0.25) is 0 Å². The molecule has 22 heavy (non-hydrogen) atoms. The van der Waals surface area contributed by atoms with Gasteiger partial charge in [-0.25, -0.2) is 4.79 Å². The summed E-state index contributed by atoms with van der Waals surface area (Å²) in [6.07, 6.45) is 0. The van der Waals surface area contributed by atoms with Gasteiger partial charge in [-0.2, -0.15) is 0 Å². The number of hydrogen-bond donors (Lipinski definition) is 2. The molecule has 1 aliphatic rings. The van der Waals surface area contributed by atoms with E-state index in [1.807, 2.05) is 12.1 Å². The molecule has 1 fully saturated rings. The highest BCUT2D eigenvalue weighted by Gasteiger charge is 2.28. The Hall–Kier alpha value is -1.59. The van der Waals surface area contributed by atoms with Crippen LogP contribution in [0.1, 0.15) is 25.0 Å². The molecular formula is C17H27N3O2. The molecule has 1 aromatic rings. The summed E-state index contributed by atoms with van der Waals surface area (Å²) in [5.41, 5.74) is 2.25. The lowest BCUT2D eigenvalue weighted by molar-refractivity contribution is -0.00874. The predicted octanol–water partition coefficient (Wildman–Crippen LogP) is 1.91. The van der Waals surface area contributed by atoms with Crippen LogP contribution in [0.2, 0.25) is 0 Å². The van der Waals surface area contributed by atoms with Crippen LogP contribution in [0.5, 0.6) is 0 Å². The largest absolute Gasteiger partial charge is 0.379 e. The molecule has 122 valence electrons. The van der Waals surface area contributed by atoms with E-state index in [1.54, 1.807) is 0 Å². The lowest BCUT2D eigenvalue weighted by atomic mass is 10.0. The standard InChI is InChI=1S/C17H27N3O2/c1-14-5-4-6-15(11-14)12-18-16(21)19-13-17(2,3)20-7-9-22-10-8-20/h4-6,11H,7-10,12-13H2,1-3H3,(H2,18,19,21). The van der Waals surface area contributed by atoms with Crippen molar-refractivity contribution in [2.45, 2.75) is 32.9 Å². The molecule has 0 spiro atoms. The zero-order valence-corrected chi connectivity index (χ0v) is 13.8. The number of urea groups is 1. The number of nitrogens with zero attached hydrogens (tertiary/aromatic N) is 1. The van der Waals surface area contributed by atoms with Gasteiger partial charge in [0.15, 0.2) is 0 Å². The average Bonchev–Trinajstić information content (AvgIpc) is 2.52. The van der Waals surface area contributed by atoms with Gasteiger partial charge < -0.3 is 15.4 Å². The van der Waals surface area contributed by atoms with E-state index in [9.17, 15) is 4.79 Å². The SMILES string of the molecule is Cc1cccc(CNC(=O)NCC(C)(C)N2CCOCC2)c1. The Kier molecular flexibility index (Phi) is 5.80. The second kappa shape index (κ2) is 7.61. The number of ether oxygens (including phenoxy) is 1. The third-order valence-electron chi connectivity index (χ3n) is 4.08. The Labute approximate surface area is 133 Å². The lowest BCUT2D eigenvalue weighted by Crippen LogP contribution is -2.56. The topological polar surface area (TPSA) is 53.6 Å². The first kappa shape index (κ1) is 16.8. The van der Waals surface area contributed by atoms with Crippen LogP contribution in [0.3, 0.4) is 0 Å². The molecule has 0 bridgehead atoms.